The summed E-state index contributed by atoms with van der Waals surface area (Å²) in [6.45, 7) is 3.18. The second-order valence-corrected chi connectivity index (χ2v) is 6.13. The molecule has 3 heterocycles. The summed E-state index contributed by atoms with van der Waals surface area (Å²) < 4.78 is 17.3. The predicted molar refractivity (Wildman–Crippen MR) is 82.9 cm³/mol. The number of ether oxygens (including phenoxy) is 2. The van der Waals surface area contributed by atoms with E-state index in [4.69, 9.17) is 13.9 Å². The number of fused-ring (bicyclic) bond motifs is 1. The summed E-state index contributed by atoms with van der Waals surface area (Å²) in [4.78, 5) is 10.7. The van der Waals surface area contributed by atoms with Gasteiger partial charge < -0.3 is 13.9 Å². The van der Waals surface area contributed by atoms with Crippen molar-refractivity contribution in [3.63, 3.8) is 0 Å². The first-order chi connectivity index (χ1) is 11.4. The van der Waals surface area contributed by atoms with Gasteiger partial charge in [-0.3, -0.25) is 4.90 Å². The van der Waals surface area contributed by atoms with E-state index in [-0.39, 0.29) is 6.10 Å². The summed E-state index contributed by atoms with van der Waals surface area (Å²) in [6.07, 6.45) is 7.59. The van der Waals surface area contributed by atoms with Gasteiger partial charge in [-0.2, -0.15) is 0 Å². The van der Waals surface area contributed by atoms with Gasteiger partial charge in [0.2, 0.25) is 0 Å². The molecular formula is C17H21N3O3. The Labute approximate surface area is 135 Å². The number of nitrogens with zero attached hydrogens (tertiary/aromatic N) is 3. The van der Waals surface area contributed by atoms with E-state index in [1.165, 1.54) is 0 Å². The maximum absolute atomic E-state index is 6.06. The van der Waals surface area contributed by atoms with Gasteiger partial charge >= 0.3 is 6.01 Å². The third kappa shape index (κ3) is 3.23. The number of rotatable bonds is 5. The fourth-order valence-corrected chi connectivity index (χ4v) is 3.66. The van der Waals surface area contributed by atoms with Gasteiger partial charge in [0.15, 0.2) is 0 Å². The molecule has 0 amide bonds. The first kappa shape index (κ1) is 14.7. The van der Waals surface area contributed by atoms with Gasteiger partial charge in [0.25, 0.3) is 0 Å². The van der Waals surface area contributed by atoms with Crippen LogP contribution in [-0.2, 0) is 11.3 Å². The zero-order valence-corrected chi connectivity index (χ0v) is 13.0. The highest BCUT2D eigenvalue weighted by Crippen LogP contribution is 2.35. The molecule has 0 bridgehead atoms. The molecule has 2 aromatic heterocycles. The zero-order valence-electron chi connectivity index (χ0n) is 13.0. The van der Waals surface area contributed by atoms with E-state index < -0.39 is 0 Å². The van der Waals surface area contributed by atoms with Crippen molar-refractivity contribution in [2.45, 2.75) is 31.5 Å². The van der Waals surface area contributed by atoms with Crippen LogP contribution in [-0.4, -0.2) is 46.8 Å². The average molecular weight is 315 g/mol. The molecule has 0 spiro atoms. The van der Waals surface area contributed by atoms with E-state index in [1.807, 2.05) is 12.1 Å². The van der Waals surface area contributed by atoms with Crippen LogP contribution >= 0.6 is 0 Å². The predicted octanol–water partition coefficient (Wildman–Crippen LogP) is 2.13. The Balaban J connectivity index is 1.37. The normalized spacial score (nSPS) is 27.7. The molecule has 0 N–H and O–H groups in total. The third-order valence-electron chi connectivity index (χ3n) is 4.74. The second-order valence-electron chi connectivity index (χ2n) is 6.13. The molecule has 0 aromatic carbocycles. The molecule has 1 saturated heterocycles. The van der Waals surface area contributed by atoms with Crippen molar-refractivity contribution >= 4 is 0 Å². The molecule has 3 atom stereocenters. The molecule has 0 unspecified atom stereocenters. The van der Waals surface area contributed by atoms with Crippen LogP contribution in [0.4, 0.5) is 0 Å². The van der Waals surface area contributed by atoms with Crippen molar-refractivity contribution in [2.24, 2.45) is 5.92 Å². The van der Waals surface area contributed by atoms with Crippen LogP contribution in [0.3, 0.4) is 0 Å². The smallest absolute Gasteiger partial charge is 0.316 e. The van der Waals surface area contributed by atoms with Crippen LogP contribution < -0.4 is 4.74 Å². The number of furan rings is 1. The SMILES string of the molecule is c1cnc(OC[C@@H]2CC[C@@H]3[C@@H]2OCCN3Cc2ccco2)nc1. The first-order valence-corrected chi connectivity index (χ1v) is 8.18. The van der Waals surface area contributed by atoms with Gasteiger partial charge in [-0.1, -0.05) is 0 Å². The van der Waals surface area contributed by atoms with Gasteiger partial charge in [-0.05, 0) is 31.0 Å². The number of morpholine rings is 1. The topological polar surface area (TPSA) is 60.6 Å². The van der Waals surface area contributed by atoms with Gasteiger partial charge in [0, 0.05) is 30.9 Å². The lowest BCUT2D eigenvalue weighted by Gasteiger charge is -2.38. The molecule has 2 fully saturated rings. The Kier molecular flexibility index (Phi) is 4.26. The van der Waals surface area contributed by atoms with Crippen molar-refractivity contribution < 1.29 is 13.9 Å². The zero-order chi connectivity index (χ0) is 15.5. The van der Waals surface area contributed by atoms with E-state index in [9.17, 15) is 0 Å². The van der Waals surface area contributed by atoms with E-state index in [2.05, 4.69) is 14.9 Å². The summed E-state index contributed by atoms with van der Waals surface area (Å²) in [5.74, 6) is 1.41. The number of hydrogen-bond acceptors (Lipinski definition) is 6. The Hall–Kier alpha value is -1.92. The Morgan fingerprint density at radius 1 is 1.22 bits per heavy atom. The lowest BCUT2D eigenvalue weighted by molar-refractivity contribution is -0.0833. The Bertz CT molecular complexity index is 605. The molecule has 2 aromatic rings. The third-order valence-corrected chi connectivity index (χ3v) is 4.74. The second kappa shape index (κ2) is 6.68. The lowest BCUT2D eigenvalue weighted by Crippen LogP contribution is -2.50. The van der Waals surface area contributed by atoms with Crippen LogP contribution in [0.1, 0.15) is 18.6 Å². The summed E-state index contributed by atoms with van der Waals surface area (Å²) in [5.41, 5.74) is 0. The van der Waals surface area contributed by atoms with Crippen LogP contribution in [0.15, 0.2) is 41.3 Å². The average Bonchev–Trinajstić information content (AvgIpc) is 3.24. The molecule has 2 aliphatic rings. The van der Waals surface area contributed by atoms with E-state index in [0.29, 0.717) is 24.6 Å². The highest BCUT2D eigenvalue weighted by atomic mass is 16.5. The molecule has 1 aliphatic carbocycles. The minimum absolute atomic E-state index is 0.224. The molecule has 1 saturated carbocycles. The van der Waals surface area contributed by atoms with Crippen molar-refractivity contribution in [3.8, 4) is 6.01 Å². The lowest BCUT2D eigenvalue weighted by atomic mass is 10.0. The van der Waals surface area contributed by atoms with E-state index in [0.717, 1.165) is 38.3 Å². The maximum atomic E-state index is 6.06. The highest BCUT2D eigenvalue weighted by molar-refractivity contribution is 5.02. The molecule has 23 heavy (non-hydrogen) atoms. The number of aromatic nitrogens is 2. The summed E-state index contributed by atoms with van der Waals surface area (Å²) >= 11 is 0. The quantitative estimate of drug-likeness (QED) is 0.842. The monoisotopic (exact) mass is 315 g/mol. The van der Waals surface area contributed by atoms with Gasteiger partial charge in [-0.25, -0.2) is 9.97 Å². The first-order valence-electron chi connectivity index (χ1n) is 8.18. The minimum atomic E-state index is 0.224. The molecular weight excluding hydrogens is 294 g/mol. The molecule has 0 radical (unpaired) electrons. The Morgan fingerprint density at radius 3 is 2.96 bits per heavy atom. The van der Waals surface area contributed by atoms with Gasteiger partial charge in [0.05, 0.1) is 32.1 Å². The largest absolute Gasteiger partial charge is 0.468 e. The van der Waals surface area contributed by atoms with E-state index in [1.54, 1.807) is 24.7 Å². The van der Waals surface area contributed by atoms with Gasteiger partial charge in [0.1, 0.15) is 5.76 Å². The van der Waals surface area contributed by atoms with Crippen LogP contribution in [0.25, 0.3) is 0 Å². The molecule has 122 valence electrons. The number of hydrogen-bond donors (Lipinski definition) is 0. The summed E-state index contributed by atoms with van der Waals surface area (Å²) in [7, 11) is 0. The van der Waals surface area contributed by atoms with Crippen molar-refractivity contribution in [1.29, 1.82) is 0 Å². The highest BCUT2D eigenvalue weighted by Gasteiger charge is 2.43. The van der Waals surface area contributed by atoms with Crippen LogP contribution in [0, 0.1) is 5.92 Å². The van der Waals surface area contributed by atoms with E-state index >= 15 is 0 Å². The van der Waals surface area contributed by atoms with Gasteiger partial charge in [-0.15, -0.1) is 0 Å². The fraction of sp³-hybridized carbons (Fsp3) is 0.529. The minimum Gasteiger partial charge on any atom is -0.468 e. The van der Waals surface area contributed by atoms with Crippen molar-refractivity contribution in [1.82, 2.24) is 14.9 Å². The van der Waals surface area contributed by atoms with Crippen molar-refractivity contribution in [2.75, 3.05) is 19.8 Å². The van der Waals surface area contributed by atoms with Crippen molar-refractivity contribution in [3.05, 3.63) is 42.6 Å². The fourth-order valence-electron chi connectivity index (χ4n) is 3.66. The standard InChI is InChI=1S/C17H21N3O3/c1-3-14(21-9-1)11-20-8-10-22-16-13(4-5-15(16)20)12-23-17-18-6-2-7-19-17/h1-3,6-7,9,13,15-16H,4-5,8,10-12H2/t13-,15+,16+/m0/s1. The van der Waals surface area contributed by atoms with Crippen LogP contribution in [0.5, 0.6) is 6.01 Å². The summed E-state index contributed by atoms with van der Waals surface area (Å²) in [5, 5.41) is 0. The summed E-state index contributed by atoms with van der Waals surface area (Å²) in [6, 6.07) is 6.65. The molecule has 4 rings (SSSR count). The molecule has 1 aliphatic heterocycles. The molecule has 6 heteroatoms. The Morgan fingerprint density at radius 2 is 2.13 bits per heavy atom. The maximum Gasteiger partial charge on any atom is 0.316 e. The van der Waals surface area contributed by atoms with Crippen LogP contribution in [0.2, 0.25) is 0 Å². The molecule has 6 nitrogen and oxygen atoms in total.